The smallest absolute Gasteiger partial charge is 0.266 e. The molecule has 0 bridgehead atoms. The minimum absolute atomic E-state index is 0.149. The fourth-order valence-electron chi connectivity index (χ4n) is 1.03. The van der Waals surface area contributed by atoms with Crippen LogP contribution in [0.4, 0.5) is 0 Å². The van der Waals surface area contributed by atoms with E-state index in [2.05, 4.69) is 29.2 Å². The van der Waals surface area contributed by atoms with Crippen molar-refractivity contribution in [2.24, 2.45) is 5.16 Å². The topological polar surface area (TPSA) is 50.7 Å². The summed E-state index contributed by atoms with van der Waals surface area (Å²) in [7, 11) is 1.41. The number of thioether (sulfide) groups is 1. The van der Waals surface area contributed by atoms with E-state index in [9.17, 15) is 4.79 Å². The number of nitrogens with one attached hydrogen (secondary N) is 1. The first kappa shape index (κ1) is 10.4. The largest absolute Gasteiger partial charge is 0.399 e. The van der Waals surface area contributed by atoms with Gasteiger partial charge in [0.1, 0.15) is 13.3 Å². The van der Waals surface area contributed by atoms with Crippen molar-refractivity contribution in [2.45, 2.75) is 24.6 Å². The van der Waals surface area contributed by atoms with Gasteiger partial charge in [0.05, 0.1) is 6.04 Å². The second-order valence-corrected chi connectivity index (χ2v) is 5.07. The fourth-order valence-corrected chi connectivity index (χ4v) is 2.17. The van der Waals surface area contributed by atoms with Crippen LogP contribution < -0.4 is 5.32 Å². The number of oxime groups is 1. The van der Waals surface area contributed by atoms with Crippen molar-refractivity contribution in [3.63, 3.8) is 0 Å². The molecule has 74 valence electrons. The van der Waals surface area contributed by atoms with Gasteiger partial charge in [-0.1, -0.05) is 5.16 Å². The molecule has 1 rings (SSSR count). The summed E-state index contributed by atoms with van der Waals surface area (Å²) >= 11 is 1.85. The maximum atomic E-state index is 11.1. The van der Waals surface area contributed by atoms with Crippen LogP contribution in [0.15, 0.2) is 5.16 Å². The number of carbonyl (C=O) groups excluding carboxylic acids is 1. The molecule has 1 aliphatic heterocycles. The van der Waals surface area contributed by atoms with Crippen molar-refractivity contribution in [1.29, 1.82) is 0 Å². The Bertz CT molecular complexity index is 228. The summed E-state index contributed by atoms with van der Waals surface area (Å²) in [6, 6.07) is 0.244. The first-order valence-electron chi connectivity index (χ1n) is 4.07. The molecule has 13 heavy (non-hydrogen) atoms. The first-order chi connectivity index (χ1) is 6.06. The predicted octanol–water partition coefficient (Wildman–Crippen LogP) is 0.629. The molecule has 0 spiro atoms. The summed E-state index contributed by atoms with van der Waals surface area (Å²) in [4.78, 5) is 15.5. The van der Waals surface area contributed by atoms with Crippen LogP contribution in [0.1, 0.15) is 13.8 Å². The molecule has 0 saturated carbocycles. The van der Waals surface area contributed by atoms with Crippen LogP contribution in [0, 0.1) is 0 Å². The van der Waals surface area contributed by atoms with Crippen LogP contribution in [-0.4, -0.2) is 35.8 Å². The normalized spacial score (nSPS) is 25.3. The molecule has 1 fully saturated rings. The lowest BCUT2D eigenvalue weighted by molar-refractivity contribution is -0.115. The highest BCUT2D eigenvalue weighted by Gasteiger charge is 2.40. The lowest BCUT2D eigenvalue weighted by Gasteiger charge is -2.43. The Hall–Kier alpha value is -0.710. The number of nitrogens with zero attached hydrogens (tertiary/aromatic N) is 1. The Labute approximate surface area is 82.1 Å². The van der Waals surface area contributed by atoms with E-state index in [0.29, 0.717) is 0 Å². The lowest BCUT2D eigenvalue weighted by atomic mass is 10.0. The highest BCUT2D eigenvalue weighted by Crippen LogP contribution is 2.39. The number of carbonyl (C=O) groups is 1. The molecule has 5 heteroatoms. The number of amides is 1. The molecule has 0 aromatic heterocycles. The second-order valence-electron chi connectivity index (χ2n) is 3.39. The van der Waals surface area contributed by atoms with Gasteiger partial charge >= 0.3 is 0 Å². The Morgan fingerprint density at radius 2 is 2.46 bits per heavy atom. The standard InChI is InChI=1S/C8H14N2O2S/c1-8(2)6(5-13-8)10-7(11)4-9-12-3/h4,6H,5H2,1-3H3,(H,10,11)/b9-4+. The van der Waals surface area contributed by atoms with E-state index in [4.69, 9.17) is 0 Å². The van der Waals surface area contributed by atoms with Gasteiger partial charge in [-0.25, -0.2) is 0 Å². The van der Waals surface area contributed by atoms with Gasteiger partial charge in [0.25, 0.3) is 5.91 Å². The molecular weight excluding hydrogens is 188 g/mol. The fraction of sp³-hybridized carbons (Fsp3) is 0.750. The highest BCUT2D eigenvalue weighted by molar-refractivity contribution is 8.02. The Balaban J connectivity index is 2.33. The summed E-state index contributed by atoms with van der Waals surface area (Å²) in [6.07, 6.45) is 1.15. The van der Waals surface area contributed by atoms with Crippen molar-refractivity contribution in [3.8, 4) is 0 Å². The van der Waals surface area contributed by atoms with Crippen molar-refractivity contribution in [3.05, 3.63) is 0 Å². The average molecular weight is 202 g/mol. The van der Waals surface area contributed by atoms with Crippen LogP contribution in [0.3, 0.4) is 0 Å². The number of hydrogen-bond acceptors (Lipinski definition) is 4. The van der Waals surface area contributed by atoms with Gasteiger partial charge in [-0.15, -0.1) is 0 Å². The van der Waals surface area contributed by atoms with Crippen LogP contribution in [0.25, 0.3) is 0 Å². The molecule has 0 aromatic carbocycles. The quantitative estimate of drug-likeness (QED) is 0.539. The molecule has 1 atom stereocenters. The third-order valence-electron chi connectivity index (χ3n) is 2.05. The molecule has 1 aliphatic rings. The molecule has 1 unspecified atom stereocenters. The van der Waals surface area contributed by atoms with Gasteiger partial charge in [-0.3, -0.25) is 4.79 Å². The molecule has 1 amide bonds. The number of hydrogen-bond donors (Lipinski definition) is 1. The van der Waals surface area contributed by atoms with Crippen LogP contribution in [-0.2, 0) is 9.63 Å². The zero-order valence-corrected chi connectivity index (χ0v) is 8.85. The molecule has 1 saturated heterocycles. The van der Waals surface area contributed by atoms with E-state index in [1.165, 1.54) is 7.11 Å². The Morgan fingerprint density at radius 3 is 2.85 bits per heavy atom. The van der Waals surface area contributed by atoms with Gasteiger partial charge in [0.2, 0.25) is 0 Å². The average Bonchev–Trinajstić information content (AvgIpc) is 2.09. The third kappa shape index (κ3) is 2.62. The summed E-state index contributed by atoms with van der Waals surface area (Å²) in [5.74, 6) is 0.778. The SMILES string of the molecule is CO/N=C/C(=O)NC1CSC1(C)C. The van der Waals surface area contributed by atoms with E-state index < -0.39 is 0 Å². The van der Waals surface area contributed by atoms with Crippen molar-refractivity contribution >= 4 is 23.9 Å². The van der Waals surface area contributed by atoms with Gasteiger partial charge in [0.15, 0.2) is 0 Å². The Morgan fingerprint density at radius 1 is 1.77 bits per heavy atom. The lowest BCUT2D eigenvalue weighted by Crippen LogP contribution is -2.56. The summed E-state index contributed by atoms with van der Waals surface area (Å²) in [5.41, 5.74) is 0. The monoisotopic (exact) mass is 202 g/mol. The van der Waals surface area contributed by atoms with Crippen LogP contribution in [0.5, 0.6) is 0 Å². The molecule has 0 radical (unpaired) electrons. The molecule has 1 heterocycles. The summed E-state index contributed by atoms with van der Waals surface area (Å²) in [6.45, 7) is 4.22. The van der Waals surface area contributed by atoms with Gasteiger partial charge in [-0.2, -0.15) is 11.8 Å². The van der Waals surface area contributed by atoms with E-state index in [1.807, 2.05) is 11.8 Å². The summed E-state index contributed by atoms with van der Waals surface area (Å²) < 4.78 is 0.149. The third-order valence-corrected chi connectivity index (χ3v) is 3.58. The molecule has 4 nitrogen and oxygen atoms in total. The minimum atomic E-state index is -0.194. The van der Waals surface area contributed by atoms with Crippen molar-refractivity contribution in [1.82, 2.24) is 5.32 Å². The molecule has 0 aromatic rings. The predicted molar refractivity (Wildman–Crippen MR) is 54.0 cm³/mol. The minimum Gasteiger partial charge on any atom is -0.399 e. The van der Waals surface area contributed by atoms with Crippen LogP contribution >= 0.6 is 11.8 Å². The zero-order valence-electron chi connectivity index (χ0n) is 8.03. The van der Waals surface area contributed by atoms with Crippen LogP contribution in [0.2, 0.25) is 0 Å². The molecule has 0 aliphatic carbocycles. The summed E-state index contributed by atoms with van der Waals surface area (Å²) in [5, 5.41) is 6.24. The van der Waals surface area contributed by atoms with Gasteiger partial charge in [0, 0.05) is 10.5 Å². The highest BCUT2D eigenvalue weighted by atomic mass is 32.2. The van der Waals surface area contributed by atoms with Crippen molar-refractivity contribution < 1.29 is 9.63 Å². The van der Waals surface area contributed by atoms with Crippen molar-refractivity contribution in [2.75, 3.05) is 12.9 Å². The second kappa shape index (κ2) is 4.00. The maximum absolute atomic E-state index is 11.1. The Kier molecular flexibility index (Phi) is 3.19. The molecular formula is C8H14N2O2S. The van der Waals surface area contributed by atoms with Gasteiger partial charge < -0.3 is 10.2 Å². The molecule has 1 N–H and O–H groups in total. The van der Waals surface area contributed by atoms with E-state index in [1.54, 1.807) is 0 Å². The first-order valence-corrected chi connectivity index (χ1v) is 5.06. The zero-order chi connectivity index (χ0) is 9.90. The van der Waals surface area contributed by atoms with E-state index >= 15 is 0 Å². The van der Waals surface area contributed by atoms with Gasteiger partial charge in [-0.05, 0) is 13.8 Å². The maximum Gasteiger partial charge on any atom is 0.266 e. The van der Waals surface area contributed by atoms with E-state index in [0.717, 1.165) is 12.0 Å². The van der Waals surface area contributed by atoms with E-state index in [-0.39, 0.29) is 16.7 Å². The number of rotatable bonds is 3.